The van der Waals surface area contributed by atoms with Gasteiger partial charge in [0.05, 0.1) is 11.2 Å². The molecular formula is C20H25N3O5S2. The van der Waals surface area contributed by atoms with E-state index < -0.39 is 26.1 Å². The van der Waals surface area contributed by atoms with Gasteiger partial charge in [-0.25, -0.2) is 21.1 Å². The first-order valence-corrected chi connectivity index (χ1v) is 12.6. The minimum absolute atomic E-state index is 0.161. The van der Waals surface area contributed by atoms with E-state index in [4.69, 9.17) is 0 Å². The third kappa shape index (κ3) is 4.13. The lowest BCUT2D eigenvalue weighted by molar-refractivity contribution is -0.122. The first kappa shape index (κ1) is 22.4. The van der Waals surface area contributed by atoms with Gasteiger partial charge < -0.3 is 4.90 Å². The molecule has 1 atom stereocenters. The number of benzene rings is 2. The maximum atomic E-state index is 13.5. The van der Waals surface area contributed by atoms with Gasteiger partial charge in [0, 0.05) is 33.4 Å². The number of carbonyl (C=O) groups excluding carboxylic acids is 1. The van der Waals surface area contributed by atoms with Gasteiger partial charge in [-0.1, -0.05) is 30.3 Å². The van der Waals surface area contributed by atoms with E-state index >= 15 is 0 Å². The van der Waals surface area contributed by atoms with Crippen LogP contribution in [0.3, 0.4) is 0 Å². The number of amides is 1. The van der Waals surface area contributed by atoms with E-state index in [1.807, 2.05) is 0 Å². The number of sulfonamides is 2. The van der Waals surface area contributed by atoms with E-state index in [1.54, 1.807) is 42.5 Å². The number of carbonyl (C=O) groups is 1. The van der Waals surface area contributed by atoms with Crippen molar-refractivity contribution in [3.63, 3.8) is 0 Å². The summed E-state index contributed by atoms with van der Waals surface area (Å²) in [6.45, 7) is 0.348. The summed E-state index contributed by atoms with van der Waals surface area (Å²) in [5.41, 5.74) is 1.90. The summed E-state index contributed by atoms with van der Waals surface area (Å²) < 4.78 is 51.5. The molecule has 0 radical (unpaired) electrons. The van der Waals surface area contributed by atoms with Crippen molar-refractivity contribution in [1.29, 1.82) is 0 Å². The van der Waals surface area contributed by atoms with Crippen LogP contribution in [0.2, 0.25) is 0 Å². The summed E-state index contributed by atoms with van der Waals surface area (Å²) in [4.78, 5) is 15.2. The van der Waals surface area contributed by atoms with Crippen molar-refractivity contribution in [2.75, 3.05) is 38.8 Å². The molecule has 162 valence electrons. The van der Waals surface area contributed by atoms with Crippen molar-refractivity contribution in [3.8, 4) is 0 Å². The van der Waals surface area contributed by atoms with Crippen LogP contribution in [0.4, 0.5) is 5.69 Å². The molecule has 1 aliphatic rings. The van der Waals surface area contributed by atoms with Gasteiger partial charge in [-0.05, 0) is 35.7 Å². The summed E-state index contributed by atoms with van der Waals surface area (Å²) in [6, 6.07) is 12.4. The van der Waals surface area contributed by atoms with Crippen molar-refractivity contribution < 1.29 is 21.6 Å². The Hall–Kier alpha value is -2.27. The zero-order valence-electron chi connectivity index (χ0n) is 17.3. The zero-order chi connectivity index (χ0) is 22.3. The molecule has 10 heteroatoms. The quantitative estimate of drug-likeness (QED) is 0.663. The highest BCUT2D eigenvalue weighted by atomic mass is 32.2. The molecule has 0 N–H and O–H groups in total. The molecule has 0 bridgehead atoms. The Bertz CT molecular complexity index is 1160. The van der Waals surface area contributed by atoms with Crippen LogP contribution < -0.4 is 4.90 Å². The predicted octanol–water partition coefficient (Wildman–Crippen LogP) is 1.46. The molecule has 1 amide bonds. The van der Waals surface area contributed by atoms with Crippen LogP contribution in [0.15, 0.2) is 53.4 Å². The molecule has 3 rings (SSSR count). The van der Waals surface area contributed by atoms with E-state index in [2.05, 4.69) is 0 Å². The lowest BCUT2D eigenvalue weighted by Gasteiger charge is -2.30. The second kappa shape index (κ2) is 8.10. The van der Waals surface area contributed by atoms with Gasteiger partial charge in [0.25, 0.3) is 0 Å². The summed E-state index contributed by atoms with van der Waals surface area (Å²) in [5, 5.41) is 0. The topological polar surface area (TPSA) is 95.1 Å². The van der Waals surface area contributed by atoms with Gasteiger partial charge >= 0.3 is 0 Å². The van der Waals surface area contributed by atoms with Gasteiger partial charge in [0.2, 0.25) is 26.0 Å². The Morgan fingerprint density at radius 1 is 1.00 bits per heavy atom. The van der Waals surface area contributed by atoms with Crippen LogP contribution in [-0.2, 0) is 31.3 Å². The predicted molar refractivity (Wildman–Crippen MR) is 115 cm³/mol. The van der Waals surface area contributed by atoms with E-state index in [0.717, 1.165) is 20.4 Å². The number of hydrogen-bond acceptors (Lipinski definition) is 5. The van der Waals surface area contributed by atoms with Crippen LogP contribution in [0.25, 0.3) is 0 Å². The van der Waals surface area contributed by atoms with E-state index in [9.17, 15) is 21.6 Å². The number of hydrogen-bond donors (Lipinski definition) is 0. The van der Waals surface area contributed by atoms with Crippen molar-refractivity contribution >= 4 is 31.6 Å². The second-order valence-corrected chi connectivity index (χ2v) is 11.6. The molecule has 0 saturated carbocycles. The zero-order valence-corrected chi connectivity index (χ0v) is 18.9. The van der Waals surface area contributed by atoms with E-state index in [-0.39, 0.29) is 10.8 Å². The molecule has 2 aromatic rings. The number of rotatable bonds is 6. The van der Waals surface area contributed by atoms with Crippen molar-refractivity contribution in [2.45, 2.75) is 17.4 Å². The van der Waals surface area contributed by atoms with Crippen LogP contribution in [0.5, 0.6) is 0 Å². The van der Waals surface area contributed by atoms with E-state index in [1.165, 1.54) is 32.1 Å². The Labute approximate surface area is 177 Å². The van der Waals surface area contributed by atoms with Gasteiger partial charge in [0.1, 0.15) is 6.04 Å². The van der Waals surface area contributed by atoms with Crippen molar-refractivity contribution in [3.05, 3.63) is 59.7 Å². The lowest BCUT2D eigenvalue weighted by atomic mass is 10.1. The molecule has 0 aliphatic carbocycles. The fourth-order valence-electron chi connectivity index (χ4n) is 3.46. The van der Waals surface area contributed by atoms with Crippen LogP contribution >= 0.6 is 0 Å². The van der Waals surface area contributed by atoms with Crippen molar-refractivity contribution in [2.24, 2.45) is 0 Å². The molecule has 0 aromatic heterocycles. The maximum Gasteiger partial charge on any atom is 0.249 e. The average Bonchev–Trinajstić information content (AvgIpc) is 3.11. The average molecular weight is 452 g/mol. The monoisotopic (exact) mass is 451 g/mol. The van der Waals surface area contributed by atoms with Crippen molar-refractivity contribution in [1.82, 2.24) is 8.61 Å². The SMILES string of the molecule is CN([C@@H](C(=O)N1CCc2cc(S(=O)(=O)N(C)C)ccc21)c1ccccc1)S(C)(=O)=O. The molecule has 1 heterocycles. The van der Waals surface area contributed by atoms with Gasteiger partial charge in [0.15, 0.2) is 0 Å². The summed E-state index contributed by atoms with van der Waals surface area (Å²) >= 11 is 0. The maximum absolute atomic E-state index is 13.5. The third-order valence-corrected chi connectivity index (χ3v) is 8.30. The smallest absolute Gasteiger partial charge is 0.249 e. The molecule has 0 unspecified atom stereocenters. The first-order valence-electron chi connectivity index (χ1n) is 9.29. The second-order valence-electron chi connectivity index (χ2n) is 7.41. The molecule has 8 nitrogen and oxygen atoms in total. The van der Waals surface area contributed by atoms with Gasteiger partial charge in [-0.15, -0.1) is 0 Å². The molecule has 2 aromatic carbocycles. The molecule has 0 saturated heterocycles. The van der Waals surface area contributed by atoms with Crippen LogP contribution in [0, 0.1) is 0 Å². The fourth-order valence-corrected chi connectivity index (χ4v) is 5.01. The van der Waals surface area contributed by atoms with Gasteiger partial charge in [-0.3, -0.25) is 4.79 Å². The summed E-state index contributed by atoms with van der Waals surface area (Å²) in [5.74, 6) is -0.379. The first-order chi connectivity index (χ1) is 13.9. The Morgan fingerprint density at radius 2 is 1.63 bits per heavy atom. The fraction of sp³-hybridized carbons (Fsp3) is 0.350. The lowest BCUT2D eigenvalue weighted by Crippen LogP contribution is -2.43. The molecule has 0 fully saturated rings. The highest BCUT2D eigenvalue weighted by Crippen LogP contribution is 2.34. The molecule has 1 aliphatic heterocycles. The summed E-state index contributed by atoms with van der Waals surface area (Å²) in [7, 11) is -2.91. The Kier molecular flexibility index (Phi) is 6.06. The summed E-state index contributed by atoms with van der Waals surface area (Å²) in [6.07, 6.45) is 1.55. The molecular weight excluding hydrogens is 426 g/mol. The highest BCUT2D eigenvalue weighted by molar-refractivity contribution is 7.89. The highest BCUT2D eigenvalue weighted by Gasteiger charge is 2.37. The van der Waals surface area contributed by atoms with E-state index in [0.29, 0.717) is 24.2 Å². The minimum Gasteiger partial charge on any atom is -0.310 e. The Balaban J connectivity index is 2.01. The minimum atomic E-state index is -3.64. The third-order valence-electron chi connectivity index (χ3n) is 5.23. The largest absolute Gasteiger partial charge is 0.310 e. The number of anilines is 1. The van der Waals surface area contributed by atoms with Crippen LogP contribution in [-0.4, -0.2) is 65.3 Å². The molecule has 30 heavy (non-hydrogen) atoms. The standard InChI is InChI=1S/C20H25N3O5S2/c1-21(2)30(27,28)17-10-11-18-16(14-17)12-13-23(18)20(24)19(22(3)29(4,25)26)15-8-6-5-7-9-15/h5-11,14,19H,12-13H2,1-4H3/t19-/m1/s1. The normalized spacial score (nSPS) is 15.5. The van der Waals surface area contributed by atoms with Crippen LogP contribution in [0.1, 0.15) is 17.2 Å². The molecule has 0 spiro atoms. The number of nitrogens with zero attached hydrogens (tertiary/aromatic N) is 3. The van der Waals surface area contributed by atoms with Gasteiger partial charge in [-0.2, -0.15) is 4.31 Å². The number of likely N-dealkylation sites (N-methyl/N-ethyl adjacent to an activating group) is 1. The Morgan fingerprint density at radius 3 is 2.20 bits per heavy atom. The number of fused-ring (bicyclic) bond motifs is 1.